The molecule has 2 aromatic heterocycles. The molecule has 0 unspecified atom stereocenters. The van der Waals surface area contributed by atoms with Gasteiger partial charge in [-0.25, -0.2) is 0 Å². The summed E-state index contributed by atoms with van der Waals surface area (Å²) in [6.45, 7) is 0. The van der Waals surface area contributed by atoms with E-state index in [0.29, 0.717) is 0 Å². The second-order valence-electron chi connectivity index (χ2n) is 13.3. The first-order chi connectivity index (χ1) is 24.8. The summed E-state index contributed by atoms with van der Waals surface area (Å²) < 4.78 is 4.85. The average molecular weight is 635 g/mol. The topological polar surface area (TPSA) is 9.86 Å². The Kier molecular flexibility index (Phi) is 5.70. The van der Waals surface area contributed by atoms with Crippen molar-refractivity contribution in [2.45, 2.75) is 0 Å². The SMILES string of the molecule is c1ccc(-n2c3ccccc3c3c4c5cc(-c6ccc7c8ccccc8c8ccccc8c7c6)ccc5n(-c5ccccc5)c4ccc32)cc1. The lowest BCUT2D eigenvalue weighted by molar-refractivity contribution is 1.17. The minimum absolute atomic E-state index is 1.16. The van der Waals surface area contributed by atoms with E-state index >= 15 is 0 Å². The maximum atomic E-state index is 2.43. The third-order valence-electron chi connectivity index (χ3n) is 10.7. The highest BCUT2D eigenvalue weighted by Crippen LogP contribution is 2.44. The minimum Gasteiger partial charge on any atom is -0.309 e. The third-order valence-corrected chi connectivity index (χ3v) is 10.7. The highest BCUT2D eigenvalue weighted by atomic mass is 15.0. The molecule has 0 bridgehead atoms. The van der Waals surface area contributed by atoms with Gasteiger partial charge >= 0.3 is 0 Å². The van der Waals surface area contributed by atoms with Crippen LogP contribution in [0.1, 0.15) is 0 Å². The average Bonchev–Trinajstić information content (AvgIpc) is 3.71. The second kappa shape index (κ2) is 10.4. The van der Waals surface area contributed by atoms with Crippen molar-refractivity contribution < 1.29 is 0 Å². The van der Waals surface area contributed by atoms with Gasteiger partial charge in [0.25, 0.3) is 0 Å². The molecule has 2 nitrogen and oxygen atoms in total. The van der Waals surface area contributed by atoms with Crippen LogP contribution < -0.4 is 0 Å². The van der Waals surface area contributed by atoms with Crippen LogP contribution in [0, 0.1) is 0 Å². The maximum Gasteiger partial charge on any atom is 0.0548 e. The van der Waals surface area contributed by atoms with E-state index in [0.717, 1.165) is 5.69 Å². The molecule has 232 valence electrons. The van der Waals surface area contributed by atoms with Gasteiger partial charge in [-0.2, -0.15) is 0 Å². The molecule has 0 aliphatic heterocycles. The number of para-hydroxylation sites is 3. The summed E-state index contributed by atoms with van der Waals surface area (Å²) in [4.78, 5) is 0. The first kappa shape index (κ1) is 27.3. The van der Waals surface area contributed by atoms with Crippen molar-refractivity contribution >= 4 is 75.9 Å². The van der Waals surface area contributed by atoms with Crippen molar-refractivity contribution in [3.63, 3.8) is 0 Å². The predicted molar refractivity (Wildman–Crippen MR) is 213 cm³/mol. The molecule has 0 fully saturated rings. The Labute approximate surface area is 288 Å². The Morgan fingerprint density at radius 1 is 0.240 bits per heavy atom. The normalized spacial score (nSPS) is 12.0. The van der Waals surface area contributed by atoms with Crippen molar-refractivity contribution in [3.05, 3.63) is 182 Å². The van der Waals surface area contributed by atoms with Crippen LogP contribution in [0.25, 0.3) is 98.4 Å². The van der Waals surface area contributed by atoms with E-state index in [2.05, 4.69) is 191 Å². The molecule has 11 rings (SSSR count). The Balaban J connectivity index is 1.25. The molecular formula is C48H30N2. The fraction of sp³-hybridized carbons (Fsp3) is 0. The Hall–Kier alpha value is -6.64. The van der Waals surface area contributed by atoms with Crippen LogP contribution in [0.15, 0.2) is 182 Å². The molecular weight excluding hydrogens is 605 g/mol. The summed E-state index contributed by atoms with van der Waals surface area (Å²) in [5, 5.41) is 12.9. The third kappa shape index (κ3) is 3.79. The van der Waals surface area contributed by atoms with Crippen LogP contribution in [-0.2, 0) is 0 Å². The molecule has 2 heteroatoms. The van der Waals surface area contributed by atoms with Crippen molar-refractivity contribution in [1.82, 2.24) is 9.13 Å². The lowest BCUT2D eigenvalue weighted by Crippen LogP contribution is -1.94. The second-order valence-corrected chi connectivity index (χ2v) is 13.3. The Bertz CT molecular complexity index is 3090. The van der Waals surface area contributed by atoms with E-state index in [-0.39, 0.29) is 0 Å². The quantitative estimate of drug-likeness (QED) is 0.171. The molecule has 50 heavy (non-hydrogen) atoms. The minimum atomic E-state index is 1.16. The highest BCUT2D eigenvalue weighted by molar-refractivity contribution is 6.29. The van der Waals surface area contributed by atoms with Gasteiger partial charge in [-0.05, 0) is 104 Å². The van der Waals surface area contributed by atoms with Crippen molar-refractivity contribution in [2.24, 2.45) is 0 Å². The summed E-state index contributed by atoms with van der Waals surface area (Å²) in [6, 6.07) is 66.7. The molecule has 0 atom stereocenters. The molecule has 2 heterocycles. The molecule has 0 saturated carbocycles. The summed E-state index contributed by atoms with van der Waals surface area (Å²) in [5.41, 5.74) is 9.61. The molecule has 0 saturated heterocycles. The number of hydrogen-bond donors (Lipinski definition) is 0. The summed E-state index contributed by atoms with van der Waals surface area (Å²) in [5.74, 6) is 0. The first-order valence-electron chi connectivity index (χ1n) is 17.3. The van der Waals surface area contributed by atoms with Gasteiger partial charge in [0.15, 0.2) is 0 Å². The monoisotopic (exact) mass is 634 g/mol. The van der Waals surface area contributed by atoms with E-state index in [9.17, 15) is 0 Å². The summed E-state index contributed by atoms with van der Waals surface area (Å²) >= 11 is 0. The first-order valence-corrected chi connectivity index (χ1v) is 17.3. The van der Waals surface area contributed by atoms with E-state index in [4.69, 9.17) is 0 Å². The van der Waals surface area contributed by atoms with Crippen molar-refractivity contribution in [3.8, 4) is 22.5 Å². The van der Waals surface area contributed by atoms with E-state index in [1.807, 2.05) is 0 Å². The molecule has 0 aliphatic carbocycles. The van der Waals surface area contributed by atoms with Gasteiger partial charge in [0.2, 0.25) is 0 Å². The van der Waals surface area contributed by atoms with E-state index in [1.165, 1.54) is 92.7 Å². The molecule has 9 aromatic carbocycles. The van der Waals surface area contributed by atoms with Gasteiger partial charge in [0.05, 0.1) is 22.1 Å². The van der Waals surface area contributed by atoms with E-state index < -0.39 is 0 Å². The Morgan fingerprint density at radius 2 is 0.620 bits per heavy atom. The van der Waals surface area contributed by atoms with Gasteiger partial charge in [0.1, 0.15) is 0 Å². The van der Waals surface area contributed by atoms with Crippen LogP contribution in [0.2, 0.25) is 0 Å². The zero-order valence-electron chi connectivity index (χ0n) is 27.2. The highest BCUT2D eigenvalue weighted by Gasteiger charge is 2.21. The van der Waals surface area contributed by atoms with Crippen LogP contribution >= 0.6 is 0 Å². The van der Waals surface area contributed by atoms with Gasteiger partial charge in [-0.1, -0.05) is 121 Å². The number of rotatable bonds is 3. The maximum absolute atomic E-state index is 2.43. The summed E-state index contributed by atoms with van der Waals surface area (Å²) in [7, 11) is 0. The van der Waals surface area contributed by atoms with Crippen LogP contribution in [-0.4, -0.2) is 9.13 Å². The molecule has 11 aromatic rings. The predicted octanol–water partition coefficient (Wildman–Crippen LogP) is 13.0. The zero-order chi connectivity index (χ0) is 32.8. The fourth-order valence-electron chi connectivity index (χ4n) is 8.55. The number of aromatic nitrogens is 2. The summed E-state index contributed by atoms with van der Waals surface area (Å²) in [6.07, 6.45) is 0. The number of nitrogens with zero attached hydrogens (tertiary/aromatic N) is 2. The van der Waals surface area contributed by atoms with E-state index in [1.54, 1.807) is 0 Å². The number of hydrogen-bond acceptors (Lipinski definition) is 0. The van der Waals surface area contributed by atoms with Crippen LogP contribution in [0.4, 0.5) is 0 Å². The zero-order valence-corrected chi connectivity index (χ0v) is 27.2. The largest absolute Gasteiger partial charge is 0.309 e. The number of fused-ring (bicyclic) bond motifs is 13. The fourth-order valence-corrected chi connectivity index (χ4v) is 8.55. The lowest BCUT2D eigenvalue weighted by atomic mass is 9.92. The van der Waals surface area contributed by atoms with Crippen LogP contribution in [0.5, 0.6) is 0 Å². The van der Waals surface area contributed by atoms with Crippen molar-refractivity contribution in [2.75, 3.05) is 0 Å². The van der Waals surface area contributed by atoms with Crippen LogP contribution in [0.3, 0.4) is 0 Å². The van der Waals surface area contributed by atoms with Gasteiger partial charge < -0.3 is 9.13 Å². The lowest BCUT2D eigenvalue weighted by Gasteiger charge is -2.12. The van der Waals surface area contributed by atoms with Gasteiger partial charge in [-0.15, -0.1) is 0 Å². The smallest absolute Gasteiger partial charge is 0.0548 e. The van der Waals surface area contributed by atoms with Gasteiger partial charge in [-0.3, -0.25) is 0 Å². The Morgan fingerprint density at radius 3 is 1.20 bits per heavy atom. The standard InChI is InChI=1S/C48H30N2/c1-3-13-33(14-4-1)49-43-22-12-11-21-40(43)47-45(49)27-28-46-48(47)42-30-32(24-26-44(42)50(46)34-15-5-2-6-16-34)31-23-25-39-37-19-8-7-17-35(37)36-18-9-10-20-38(36)41(39)29-31/h1-30H. The molecule has 0 radical (unpaired) electrons. The number of benzene rings is 9. The molecule has 0 amide bonds. The molecule has 0 N–H and O–H groups in total. The molecule has 0 spiro atoms. The van der Waals surface area contributed by atoms with Crippen molar-refractivity contribution in [1.29, 1.82) is 0 Å². The molecule has 0 aliphatic rings. The van der Waals surface area contributed by atoms with Gasteiger partial charge in [0, 0.05) is 32.9 Å².